The van der Waals surface area contributed by atoms with Crippen molar-refractivity contribution >= 4 is 5.97 Å². The highest BCUT2D eigenvalue weighted by Gasteiger charge is 2.32. The van der Waals surface area contributed by atoms with E-state index >= 15 is 0 Å². The van der Waals surface area contributed by atoms with Crippen LogP contribution in [-0.4, -0.2) is 54.2 Å². The maximum atomic E-state index is 12.7. The van der Waals surface area contributed by atoms with Gasteiger partial charge in [-0.3, -0.25) is 9.80 Å². The highest BCUT2D eigenvalue weighted by atomic mass is 19.4. The van der Waals surface area contributed by atoms with Gasteiger partial charge < -0.3 is 9.47 Å². The van der Waals surface area contributed by atoms with E-state index in [2.05, 4.69) is 15.9 Å². The topological polar surface area (TPSA) is 42.0 Å². The molecule has 1 aliphatic heterocycles. The zero-order valence-electron chi connectivity index (χ0n) is 20.2. The molecule has 0 N–H and O–H groups in total. The van der Waals surface area contributed by atoms with Crippen LogP contribution < -0.4 is 4.74 Å². The zero-order valence-corrected chi connectivity index (χ0v) is 20.2. The molecule has 1 heterocycles. The summed E-state index contributed by atoms with van der Waals surface area (Å²) < 4.78 is 49.2. The van der Waals surface area contributed by atoms with Gasteiger partial charge in [-0.15, -0.1) is 0 Å². The monoisotopic (exact) mass is 478 g/mol. The van der Waals surface area contributed by atoms with E-state index in [-0.39, 0.29) is 0 Å². The van der Waals surface area contributed by atoms with E-state index < -0.39 is 23.3 Å². The minimum Gasteiger partial charge on any atom is -0.476 e. The second kappa shape index (κ2) is 10.8. The summed E-state index contributed by atoms with van der Waals surface area (Å²) in [5.74, 6) is 0.260. The fourth-order valence-electron chi connectivity index (χ4n) is 3.97. The molecule has 0 unspecified atom stereocenters. The van der Waals surface area contributed by atoms with Gasteiger partial charge in [-0.1, -0.05) is 24.3 Å². The zero-order chi connectivity index (χ0) is 24.9. The van der Waals surface area contributed by atoms with Crippen LogP contribution in [0.5, 0.6) is 5.75 Å². The van der Waals surface area contributed by atoms with Crippen molar-refractivity contribution in [3.8, 4) is 5.75 Å². The second-order valence-electron chi connectivity index (χ2n) is 9.18. The molecular weight excluding hydrogens is 445 g/mol. The molecule has 1 aliphatic rings. The lowest BCUT2D eigenvalue weighted by molar-refractivity contribution is -0.158. The van der Waals surface area contributed by atoms with Crippen molar-refractivity contribution in [1.29, 1.82) is 0 Å². The van der Waals surface area contributed by atoms with Crippen LogP contribution in [0.25, 0.3) is 0 Å². The van der Waals surface area contributed by atoms with Crippen LogP contribution in [-0.2, 0) is 28.8 Å². The Kier molecular flexibility index (Phi) is 8.25. The maximum Gasteiger partial charge on any atom is 0.416 e. The Labute approximate surface area is 199 Å². The summed E-state index contributed by atoms with van der Waals surface area (Å²) in [6.45, 7) is 12.4. The number of alkyl halides is 3. The predicted molar refractivity (Wildman–Crippen MR) is 125 cm³/mol. The minimum atomic E-state index is -4.30. The highest BCUT2D eigenvalue weighted by Crippen LogP contribution is 2.29. The Bertz CT molecular complexity index is 966. The number of hydrogen-bond acceptors (Lipinski definition) is 5. The fraction of sp³-hybridized carbons (Fsp3) is 0.500. The first-order chi connectivity index (χ1) is 16.0. The van der Waals surface area contributed by atoms with Gasteiger partial charge in [0.15, 0.2) is 5.60 Å². The number of benzene rings is 2. The summed E-state index contributed by atoms with van der Waals surface area (Å²) in [6.07, 6.45) is -4.30. The lowest BCUT2D eigenvalue weighted by Crippen LogP contribution is -2.45. The molecule has 0 aromatic heterocycles. The van der Waals surface area contributed by atoms with E-state index in [0.29, 0.717) is 18.9 Å². The van der Waals surface area contributed by atoms with E-state index in [0.717, 1.165) is 61.5 Å². The van der Waals surface area contributed by atoms with Gasteiger partial charge >= 0.3 is 12.1 Å². The van der Waals surface area contributed by atoms with Gasteiger partial charge in [-0.05, 0) is 62.6 Å². The smallest absolute Gasteiger partial charge is 0.416 e. The molecule has 0 aliphatic carbocycles. The average Bonchev–Trinajstić information content (AvgIpc) is 2.77. The number of piperazine rings is 1. The summed E-state index contributed by atoms with van der Waals surface area (Å²) in [5, 5.41) is 0. The molecule has 186 valence electrons. The van der Waals surface area contributed by atoms with E-state index in [1.165, 1.54) is 0 Å². The SMILES string of the molecule is CCOC(=O)C(C)(C)Oc1ccc(CN2CCN(Cc3ccc(C(F)(F)F)cc3)CC2)cc1C. The molecule has 3 rings (SSSR count). The molecule has 2 aromatic carbocycles. The molecule has 0 atom stereocenters. The predicted octanol–water partition coefficient (Wildman–Crippen LogP) is 5.05. The normalized spacial score (nSPS) is 15.9. The Morgan fingerprint density at radius 1 is 0.912 bits per heavy atom. The number of esters is 1. The molecular formula is C26H33F3N2O3. The molecule has 2 aromatic rings. The summed E-state index contributed by atoms with van der Waals surface area (Å²) >= 11 is 0. The van der Waals surface area contributed by atoms with E-state index in [9.17, 15) is 18.0 Å². The van der Waals surface area contributed by atoms with Crippen LogP contribution in [0.3, 0.4) is 0 Å². The molecule has 0 radical (unpaired) electrons. The number of hydrogen-bond donors (Lipinski definition) is 0. The molecule has 1 saturated heterocycles. The Morgan fingerprint density at radius 2 is 1.44 bits per heavy atom. The molecule has 1 fully saturated rings. The third-order valence-electron chi connectivity index (χ3n) is 5.93. The van der Waals surface area contributed by atoms with Crippen molar-refractivity contribution in [2.75, 3.05) is 32.8 Å². The lowest BCUT2D eigenvalue weighted by Gasteiger charge is -2.35. The molecule has 0 amide bonds. The van der Waals surface area contributed by atoms with Crippen molar-refractivity contribution in [2.24, 2.45) is 0 Å². The average molecular weight is 479 g/mol. The second-order valence-corrected chi connectivity index (χ2v) is 9.18. The third kappa shape index (κ3) is 6.96. The lowest BCUT2D eigenvalue weighted by atomic mass is 10.1. The standard InChI is InChI=1S/C26H33F3N2O3/c1-5-33-24(32)25(3,4)34-23-11-8-21(16-19(23)2)18-31-14-12-30(13-15-31)17-20-6-9-22(10-7-20)26(27,28)29/h6-11,16H,5,12-15,17-18H2,1-4H3. The van der Waals surface area contributed by atoms with Gasteiger partial charge in [-0.25, -0.2) is 4.79 Å². The Balaban J connectivity index is 1.50. The molecule has 0 bridgehead atoms. The van der Waals surface area contributed by atoms with Crippen LogP contribution >= 0.6 is 0 Å². The quantitative estimate of drug-likeness (QED) is 0.497. The van der Waals surface area contributed by atoms with Crippen LogP contribution in [0.2, 0.25) is 0 Å². The van der Waals surface area contributed by atoms with Crippen molar-refractivity contribution in [3.63, 3.8) is 0 Å². The summed E-state index contributed by atoms with van der Waals surface area (Å²) in [4.78, 5) is 16.7. The maximum absolute atomic E-state index is 12.7. The van der Waals surface area contributed by atoms with Crippen LogP contribution in [0.4, 0.5) is 13.2 Å². The molecule has 8 heteroatoms. The van der Waals surface area contributed by atoms with Gasteiger partial charge in [0, 0.05) is 39.3 Å². The summed E-state index contributed by atoms with van der Waals surface area (Å²) in [6, 6.07) is 11.4. The summed E-state index contributed by atoms with van der Waals surface area (Å²) in [7, 11) is 0. The van der Waals surface area contributed by atoms with E-state index in [1.807, 2.05) is 19.1 Å². The van der Waals surface area contributed by atoms with Crippen LogP contribution in [0.15, 0.2) is 42.5 Å². The van der Waals surface area contributed by atoms with Crippen LogP contribution in [0, 0.1) is 6.92 Å². The fourth-order valence-corrected chi connectivity index (χ4v) is 3.97. The van der Waals surface area contributed by atoms with E-state index in [1.54, 1.807) is 32.9 Å². The number of nitrogens with zero attached hydrogens (tertiary/aromatic N) is 2. The van der Waals surface area contributed by atoms with E-state index in [4.69, 9.17) is 9.47 Å². The number of ether oxygens (including phenoxy) is 2. The van der Waals surface area contributed by atoms with Gasteiger partial charge in [0.25, 0.3) is 0 Å². The first-order valence-electron chi connectivity index (χ1n) is 11.5. The largest absolute Gasteiger partial charge is 0.476 e. The minimum absolute atomic E-state index is 0.307. The highest BCUT2D eigenvalue weighted by molar-refractivity contribution is 5.79. The van der Waals surface area contributed by atoms with Gasteiger partial charge in [0.2, 0.25) is 0 Å². The van der Waals surface area contributed by atoms with Crippen LogP contribution in [0.1, 0.15) is 43.0 Å². The van der Waals surface area contributed by atoms with Gasteiger partial charge in [0.05, 0.1) is 12.2 Å². The Morgan fingerprint density at radius 3 is 1.94 bits per heavy atom. The van der Waals surface area contributed by atoms with Crippen molar-refractivity contribution in [2.45, 2.75) is 52.6 Å². The number of rotatable bonds is 8. The summed E-state index contributed by atoms with van der Waals surface area (Å²) in [5.41, 5.74) is 1.33. The number of aryl methyl sites for hydroxylation is 1. The first-order valence-corrected chi connectivity index (χ1v) is 11.5. The number of halogens is 3. The van der Waals surface area contributed by atoms with Crippen molar-refractivity contribution in [1.82, 2.24) is 9.80 Å². The molecule has 0 spiro atoms. The van der Waals surface area contributed by atoms with Crippen molar-refractivity contribution < 1.29 is 27.4 Å². The molecule has 5 nitrogen and oxygen atoms in total. The number of carbonyl (C=O) groups excluding carboxylic acids is 1. The first kappa shape index (κ1) is 26.0. The van der Waals surface area contributed by atoms with Gasteiger partial charge in [-0.2, -0.15) is 13.2 Å². The third-order valence-corrected chi connectivity index (χ3v) is 5.93. The van der Waals surface area contributed by atoms with Gasteiger partial charge in [0.1, 0.15) is 5.75 Å². The number of carbonyl (C=O) groups is 1. The Hall–Kier alpha value is -2.58. The van der Waals surface area contributed by atoms with Crippen molar-refractivity contribution in [3.05, 3.63) is 64.7 Å². The molecule has 0 saturated carbocycles. The molecule has 34 heavy (non-hydrogen) atoms.